The van der Waals surface area contributed by atoms with Crippen LogP contribution < -0.4 is 0 Å². The molecule has 0 aliphatic carbocycles. The minimum absolute atomic E-state index is 0.135. The predicted octanol–water partition coefficient (Wildman–Crippen LogP) is 0.827. The highest BCUT2D eigenvalue weighted by molar-refractivity contribution is 5.35. The summed E-state index contributed by atoms with van der Waals surface area (Å²) < 4.78 is 5.35. The van der Waals surface area contributed by atoms with Crippen molar-refractivity contribution in [1.29, 1.82) is 0 Å². The van der Waals surface area contributed by atoms with Gasteiger partial charge in [0.2, 0.25) is 0 Å². The predicted molar refractivity (Wildman–Crippen MR) is 82.5 cm³/mol. The molecule has 0 amide bonds. The van der Waals surface area contributed by atoms with E-state index in [1.807, 2.05) is 19.1 Å². The maximum atomic E-state index is 9.95. The van der Waals surface area contributed by atoms with E-state index in [0.717, 1.165) is 50.5 Å². The summed E-state index contributed by atoms with van der Waals surface area (Å²) in [5.74, 6) is 0.329. The fourth-order valence-electron chi connectivity index (χ4n) is 2.60. The van der Waals surface area contributed by atoms with Gasteiger partial charge in [0, 0.05) is 44.8 Å². The normalized spacial score (nSPS) is 16.5. The highest BCUT2D eigenvalue weighted by Gasteiger charge is 2.13. The summed E-state index contributed by atoms with van der Waals surface area (Å²) in [5.41, 5.74) is 2.06. The van der Waals surface area contributed by atoms with Crippen LogP contribution in [-0.4, -0.2) is 72.6 Å². The maximum Gasteiger partial charge on any atom is 0.120 e. The van der Waals surface area contributed by atoms with Crippen LogP contribution in [-0.2, 0) is 11.3 Å². The average Bonchev–Trinajstić information content (AvgIpc) is 2.50. The molecule has 21 heavy (non-hydrogen) atoms. The third kappa shape index (κ3) is 5.28. The number of aryl methyl sites for hydroxylation is 1. The monoisotopic (exact) mass is 294 g/mol. The molecule has 2 rings (SSSR count). The van der Waals surface area contributed by atoms with E-state index < -0.39 is 0 Å². The molecule has 5 heteroatoms. The van der Waals surface area contributed by atoms with Gasteiger partial charge in [-0.05, 0) is 13.0 Å². The van der Waals surface area contributed by atoms with Gasteiger partial charge in [0.1, 0.15) is 5.75 Å². The number of aromatic hydroxyl groups is 1. The summed E-state index contributed by atoms with van der Waals surface area (Å²) in [5, 5.41) is 19.2. The molecule has 0 unspecified atom stereocenters. The first kappa shape index (κ1) is 16.2. The molecule has 5 nitrogen and oxygen atoms in total. The Bertz CT molecular complexity index is 434. The lowest BCUT2D eigenvalue weighted by Crippen LogP contribution is -2.41. The topological polar surface area (TPSA) is 56.2 Å². The zero-order chi connectivity index (χ0) is 15.1. The van der Waals surface area contributed by atoms with Crippen molar-refractivity contribution in [3.63, 3.8) is 0 Å². The van der Waals surface area contributed by atoms with Crippen LogP contribution >= 0.6 is 0 Å². The first-order valence-electron chi connectivity index (χ1n) is 7.61. The molecule has 1 aliphatic heterocycles. The molecule has 1 aromatic rings. The van der Waals surface area contributed by atoms with E-state index in [4.69, 9.17) is 4.74 Å². The van der Waals surface area contributed by atoms with E-state index >= 15 is 0 Å². The number of hydrogen-bond donors (Lipinski definition) is 2. The maximum absolute atomic E-state index is 9.95. The molecule has 0 saturated carbocycles. The second kappa shape index (κ2) is 8.34. The van der Waals surface area contributed by atoms with Crippen molar-refractivity contribution < 1.29 is 14.9 Å². The summed E-state index contributed by atoms with van der Waals surface area (Å²) in [6.45, 7) is 8.85. The van der Waals surface area contributed by atoms with Gasteiger partial charge in [-0.25, -0.2) is 0 Å². The van der Waals surface area contributed by atoms with E-state index in [1.165, 1.54) is 0 Å². The van der Waals surface area contributed by atoms with Crippen molar-refractivity contribution in [2.75, 3.05) is 52.5 Å². The number of morpholine rings is 1. The van der Waals surface area contributed by atoms with E-state index in [1.54, 1.807) is 6.07 Å². The van der Waals surface area contributed by atoms with Crippen LogP contribution in [0, 0.1) is 6.92 Å². The molecule has 2 N–H and O–H groups in total. The van der Waals surface area contributed by atoms with Gasteiger partial charge in [-0.2, -0.15) is 0 Å². The molecule has 0 atom stereocenters. The number of phenols is 1. The van der Waals surface area contributed by atoms with Crippen LogP contribution in [0.15, 0.2) is 18.2 Å². The molecule has 1 aliphatic rings. The zero-order valence-electron chi connectivity index (χ0n) is 12.8. The van der Waals surface area contributed by atoms with Crippen LogP contribution in [0.3, 0.4) is 0 Å². The zero-order valence-corrected chi connectivity index (χ0v) is 12.8. The first-order chi connectivity index (χ1) is 10.2. The molecule has 0 bridgehead atoms. The van der Waals surface area contributed by atoms with Crippen molar-refractivity contribution in [1.82, 2.24) is 9.80 Å². The van der Waals surface area contributed by atoms with Crippen LogP contribution in [0.2, 0.25) is 0 Å². The van der Waals surface area contributed by atoms with Crippen molar-refractivity contribution >= 4 is 0 Å². The molecule has 1 aromatic carbocycles. The van der Waals surface area contributed by atoms with E-state index in [2.05, 4.69) is 9.80 Å². The molecule has 1 heterocycles. The number of benzene rings is 1. The molecule has 0 radical (unpaired) electrons. The Morgan fingerprint density at radius 1 is 1.24 bits per heavy atom. The minimum Gasteiger partial charge on any atom is -0.508 e. The lowest BCUT2D eigenvalue weighted by atomic mass is 10.1. The van der Waals surface area contributed by atoms with Crippen molar-refractivity contribution in [2.45, 2.75) is 13.5 Å². The molecular formula is C16H26N2O3. The molecule has 1 fully saturated rings. The largest absolute Gasteiger partial charge is 0.508 e. The van der Waals surface area contributed by atoms with Gasteiger partial charge in [-0.1, -0.05) is 17.7 Å². The third-order valence-corrected chi connectivity index (χ3v) is 3.88. The summed E-state index contributed by atoms with van der Waals surface area (Å²) >= 11 is 0. The lowest BCUT2D eigenvalue weighted by Gasteiger charge is -2.30. The molecule has 0 aromatic heterocycles. The van der Waals surface area contributed by atoms with Gasteiger partial charge in [-0.3, -0.25) is 9.80 Å². The number of rotatable bonds is 7. The third-order valence-electron chi connectivity index (χ3n) is 3.88. The van der Waals surface area contributed by atoms with Crippen molar-refractivity contribution in [2.24, 2.45) is 0 Å². The van der Waals surface area contributed by atoms with Crippen molar-refractivity contribution in [3.05, 3.63) is 29.3 Å². The van der Waals surface area contributed by atoms with Gasteiger partial charge in [0.25, 0.3) is 0 Å². The summed E-state index contributed by atoms with van der Waals surface area (Å²) in [6, 6.07) is 5.65. The van der Waals surface area contributed by atoms with Gasteiger partial charge < -0.3 is 14.9 Å². The fourth-order valence-corrected chi connectivity index (χ4v) is 2.60. The Labute approximate surface area is 126 Å². The number of ether oxygens (including phenoxy) is 1. The summed E-state index contributed by atoms with van der Waals surface area (Å²) in [4.78, 5) is 4.56. The highest BCUT2D eigenvalue weighted by atomic mass is 16.5. The van der Waals surface area contributed by atoms with E-state index in [-0.39, 0.29) is 6.61 Å². The molecule has 118 valence electrons. The van der Waals surface area contributed by atoms with Crippen LogP contribution in [0.4, 0.5) is 0 Å². The van der Waals surface area contributed by atoms with Crippen molar-refractivity contribution in [3.8, 4) is 5.75 Å². The Balaban J connectivity index is 1.89. The van der Waals surface area contributed by atoms with Gasteiger partial charge in [0.15, 0.2) is 0 Å². The minimum atomic E-state index is 0.135. The highest BCUT2D eigenvalue weighted by Crippen LogP contribution is 2.20. The molecular weight excluding hydrogens is 268 g/mol. The number of phenolic OH excluding ortho intramolecular Hbond substituents is 1. The fraction of sp³-hybridized carbons (Fsp3) is 0.625. The Morgan fingerprint density at radius 3 is 2.71 bits per heavy atom. The Kier molecular flexibility index (Phi) is 6.45. The first-order valence-corrected chi connectivity index (χ1v) is 7.61. The quantitative estimate of drug-likeness (QED) is 0.780. The Morgan fingerprint density at radius 2 is 2.00 bits per heavy atom. The standard InChI is InChI=1S/C16H26N2O3/c1-14-2-3-16(20)15(12-14)13-18(6-9-19)5-4-17-7-10-21-11-8-17/h2-3,12,19-20H,4-11,13H2,1H3. The summed E-state index contributed by atoms with van der Waals surface area (Å²) in [6.07, 6.45) is 0. The van der Waals surface area contributed by atoms with E-state index in [9.17, 15) is 10.2 Å². The van der Waals surface area contributed by atoms with Gasteiger partial charge in [-0.15, -0.1) is 0 Å². The Hall–Kier alpha value is -1.14. The number of aliphatic hydroxyl groups excluding tert-OH is 1. The van der Waals surface area contributed by atoms with Crippen LogP contribution in [0.5, 0.6) is 5.75 Å². The van der Waals surface area contributed by atoms with Gasteiger partial charge in [0.05, 0.1) is 19.8 Å². The summed E-state index contributed by atoms with van der Waals surface area (Å²) in [7, 11) is 0. The molecule has 0 spiro atoms. The average molecular weight is 294 g/mol. The number of hydrogen-bond acceptors (Lipinski definition) is 5. The second-order valence-corrected chi connectivity index (χ2v) is 5.59. The SMILES string of the molecule is Cc1ccc(O)c(CN(CCO)CCN2CCOCC2)c1. The van der Waals surface area contributed by atoms with Crippen LogP contribution in [0.1, 0.15) is 11.1 Å². The van der Waals surface area contributed by atoms with Gasteiger partial charge >= 0.3 is 0 Å². The number of aliphatic hydroxyl groups is 1. The van der Waals surface area contributed by atoms with Crippen LogP contribution in [0.25, 0.3) is 0 Å². The number of nitrogens with zero attached hydrogens (tertiary/aromatic N) is 2. The second-order valence-electron chi connectivity index (χ2n) is 5.59. The lowest BCUT2D eigenvalue weighted by molar-refractivity contribution is 0.0320. The van der Waals surface area contributed by atoms with E-state index in [0.29, 0.717) is 18.8 Å². The molecule has 1 saturated heterocycles. The smallest absolute Gasteiger partial charge is 0.120 e.